The molecule has 0 amide bonds. The van der Waals surface area contributed by atoms with Crippen molar-refractivity contribution in [1.82, 2.24) is 0 Å². The van der Waals surface area contributed by atoms with Crippen molar-refractivity contribution in [2.24, 2.45) is 0 Å². The molecule has 0 radical (unpaired) electrons. The second-order valence-electron chi connectivity index (χ2n) is 12.8. The third-order valence-electron chi connectivity index (χ3n) is 8.94. The average molecular weight is 828 g/mol. The zero-order valence-electron chi connectivity index (χ0n) is 30.6. The Morgan fingerprint density at radius 1 is 0.630 bits per heavy atom. The van der Waals surface area contributed by atoms with Crippen LogP contribution < -0.4 is 39.4 Å². The molecule has 284 valence electrons. The summed E-state index contributed by atoms with van der Waals surface area (Å²) in [4.78, 5) is 26.1. The van der Waals surface area contributed by atoms with Gasteiger partial charge in [0.1, 0.15) is 11.4 Å². The van der Waals surface area contributed by atoms with Crippen LogP contribution in [0.15, 0.2) is 87.5 Å². The molecule has 17 heteroatoms. The number of nitrogens with zero attached hydrogens (tertiary/aromatic N) is 4. The van der Waals surface area contributed by atoms with Gasteiger partial charge in [-0.05, 0) is 142 Å². The Kier molecular flexibility index (Phi) is 17.4. The molecule has 12 nitrogen and oxygen atoms in total. The Morgan fingerprint density at radius 2 is 1.06 bits per heavy atom. The van der Waals surface area contributed by atoms with Crippen LogP contribution >= 0.6 is 23.2 Å². The number of piperidine rings is 2. The molecule has 2 aliphatic rings. The van der Waals surface area contributed by atoms with E-state index in [9.17, 15) is 37.4 Å². The van der Waals surface area contributed by atoms with E-state index in [1.54, 1.807) is 38.1 Å². The van der Waals surface area contributed by atoms with Crippen LogP contribution in [0.1, 0.15) is 55.2 Å². The van der Waals surface area contributed by atoms with Crippen molar-refractivity contribution >= 4 is 66.9 Å². The largest absolute Gasteiger partial charge is 1.00 e. The predicted octanol–water partition coefficient (Wildman–Crippen LogP) is 6.16. The fourth-order valence-electron chi connectivity index (χ4n) is 6.03. The van der Waals surface area contributed by atoms with E-state index in [0.717, 1.165) is 62.0 Å². The normalized spacial score (nSPS) is 14.7. The molecule has 2 fully saturated rings. The Morgan fingerprint density at radius 3 is 1.52 bits per heavy atom. The summed E-state index contributed by atoms with van der Waals surface area (Å²) in [5, 5.41) is 23.4. The van der Waals surface area contributed by atoms with Crippen molar-refractivity contribution in [2.45, 2.75) is 74.0 Å². The molecule has 0 N–H and O–H groups in total. The molecule has 0 spiro atoms. The van der Waals surface area contributed by atoms with E-state index >= 15 is 0 Å². The predicted molar refractivity (Wildman–Crippen MR) is 208 cm³/mol. The zero-order chi connectivity index (χ0) is 38.9. The van der Waals surface area contributed by atoms with Crippen LogP contribution in [-0.4, -0.2) is 53.2 Å². The summed E-state index contributed by atoms with van der Waals surface area (Å²) in [5.74, 6) is 0. The minimum Gasteiger partial charge on any atom is -0.768 e. The average Bonchev–Trinajstić information content (AvgIpc) is 3.14. The van der Waals surface area contributed by atoms with E-state index in [0.29, 0.717) is 34.4 Å². The quantitative estimate of drug-likeness (QED) is 0.0911. The van der Waals surface area contributed by atoms with Crippen molar-refractivity contribution < 1.29 is 56.6 Å². The third-order valence-corrected chi connectivity index (χ3v) is 12.2. The van der Waals surface area contributed by atoms with Gasteiger partial charge < -0.3 is 14.4 Å². The van der Waals surface area contributed by atoms with E-state index in [4.69, 9.17) is 23.2 Å². The van der Waals surface area contributed by atoms with Gasteiger partial charge in [0.05, 0.1) is 19.6 Å². The van der Waals surface area contributed by atoms with Gasteiger partial charge in [0.25, 0.3) is 11.4 Å². The van der Waals surface area contributed by atoms with E-state index in [1.807, 2.05) is 17.9 Å². The Bertz CT molecular complexity index is 2090. The number of hydrogen-bond donors (Lipinski definition) is 0. The molecule has 1 atom stereocenters. The summed E-state index contributed by atoms with van der Waals surface area (Å²) < 4.78 is 46.8. The fourth-order valence-corrected chi connectivity index (χ4v) is 8.08. The topological polar surface area (TPSA) is 167 Å². The van der Waals surface area contributed by atoms with Crippen LogP contribution in [0, 0.1) is 41.0 Å². The Labute approximate surface area is 350 Å². The first-order valence-corrected chi connectivity index (χ1v) is 20.3. The van der Waals surface area contributed by atoms with Crippen LogP contribution in [0.4, 0.5) is 22.7 Å². The number of sulfone groups is 1. The summed E-state index contributed by atoms with van der Waals surface area (Å²) in [5.41, 5.74) is 3.81. The molecule has 2 heterocycles. The first-order valence-electron chi connectivity index (χ1n) is 17.0. The minimum atomic E-state index is -3.79. The Balaban J connectivity index is 0.000000238. The number of anilines is 2. The maximum Gasteiger partial charge on any atom is 1.00 e. The van der Waals surface area contributed by atoms with Gasteiger partial charge in [-0.2, -0.15) is 0 Å². The fraction of sp³-hybridized carbons (Fsp3) is 0.351. The molecule has 0 aliphatic carbocycles. The van der Waals surface area contributed by atoms with Gasteiger partial charge in [-0.25, -0.2) is 8.42 Å². The maximum absolute atomic E-state index is 13.0. The number of nitro benzene ring substituents is 2. The van der Waals surface area contributed by atoms with Gasteiger partial charge in [-0.1, -0.05) is 29.3 Å². The van der Waals surface area contributed by atoms with Gasteiger partial charge in [0, 0.05) is 53.3 Å². The maximum atomic E-state index is 13.0. The smallest absolute Gasteiger partial charge is 0.768 e. The minimum absolute atomic E-state index is 0. The molecule has 4 aromatic rings. The van der Waals surface area contributed by atoms with E-state index < -0.39 is 25.8 Å². The Hall–Kier alpha value is -3.08. The number of halogens is 2. The van der Waals surface area contributed by atoms with E-state index in [1.165, 1.54) is 48.9 Å². The molecule has 1 unspecified atom stereocenters. The second kappa shape index (κ2) is 20.7. The summed E-state index contributed by atoms with van der Waals surface area (Å²) in [7, 11) is -3.79. The molecule has 0 bridgehead atoms. The number of hydrogen-bond acceptors (Lipinski definition) is 10. The van der Waals surface area contributed by atoms with Gasteiger partial charge in [0.2, 0.25) is 9.84 Å². The number of rotatable bonds is 7. The number of aryl methyl sites for hydroxylation is 3. The molecule has 4 aromatic carbocycles. The standard InChI is InChI=1S/C18H19ClN2O4S.C12H16N2O2.C7H7ClO2S.Na/c1-13-11-14(5-7-16(13)19)26(24,25)15-6-8-17(21(22)23)18(12-15)20-9-3-2-4-10-20;1-10-5-6-11(14(15)16)12(9-10)13-7-3-2-4-8-13;1-5-4-6(11(9)10)2-3-7(5)8;/h5-8,11-12H,2-4,9-10H2,1H3;5-6,9H,2-4,7-8H2,1H3;2-4H,1H3,(H,9,10);/q;;;+1/p-1. The zero-order valence-corrected chi connectivity index (χ0v) is 35.8. The number of nitro groups is 2. The first-order chi connectivity index (χ1) is 25.1. The van der Waals surface area contributed by atoms with Crippen molar-refractivity contribution in [3.8, 4) is 0 Å². The third kappa shape index (κ3) is 12.0. The van der Waals surface area contributed by atoms with Gasteiger partial charge >= 0.3 is 29.6 Å². The van der Waals surface area contributed by atoms with Crippen molar-refractivity contribution in [1.29, 1.82) is 0 Å². The van der Waals surface area contributed by atoms with E-state index in [-0.39, 0.29) is 60.5 Å². The molecular weight excluding hydrogens is 786 g/mol. The van der Waals surface area contributed by atoms with Crippen LogP contribution in [-0.2, 0) is 20.9 Å². The van der Waals surface area contributed by atoms with Gasteiger partial charge in [0.15, 0.2) is 0 Å². The molecule has 2 aliphatic heterocycles. The summed E-state index contributed by atoms with van der Waals surface area (Å²) in [6.07, 6.45) is 6.44. The van der Waals surface area contributed by atoms with Crippen molar-refractivity contribution in [3.05, 3.63) is 120 Å². The molecule has 0 aromatic heterocycles. The molecular formula is C37H41Cl2N4NaO8S2. The van der Waals surface area contributed by atoms with Gasteiger partial charge in [-0.15, -0.1) is 0 Å². The molecule has 0 saturated carbocycles. The SMILES string of the molecule is Cc1cc(S(=O)(=O)c2ccc([N+](=O)[O-])c(N3CCCCC3)c2)ccc1Cl.Cc1cc(S(=O)[O-])ccc1Cl.Cc1ccc([N+](=O)[O-])c(N2CCCCC2)c1.[Na+]. The first kappa shape index (κ1) is 45.3. The molecule has 2 saturated heterocycles. The molecule has 54 heavy (non-hydrogen) atoms. The van der Waals surface area contributed by atoms with Crippen LogP contribution in [0.5, 0.6) is 0 Å². The molecule has 6 rings (SSSR count). The van der Waals surface area contributed by atoms with Crippen molar-refractivity contribution in [3.63, 3.8) is 0 Å². The monoisotopic (exact) mass is 826 g/mol. The number of benzene rings is 4. The van der Waals surface area contributed by atoms with Crippen LogP contribution in [0.3, 0.4) is 0 Å². The van der Waals surface area contributed by atoms with Crippen LogP contribution in [0.25, 0.3) is 0 Å². The van der Waals surface area contributed by atoms with Crippen LogP contribution in [0.2, 0.25) is 10.0 Å². The summed E-state index contributed by atoms with van der Waals surface area (Å²) in [6, 6.07) is 18.4. The summed E-state index contributed by atoms with van der Waals surface area (Å²) in [6.45, 7) is 8.70. The van der Waals surface area contributed by atoms with Gasteiger partial charge in [-0.3, -0.25) is 24.4 Å². The summed E-state index contributed by atoms with van der Waals surface area (Å²) >= 11 is 9.51. The van der Waals surface area contributed by atoms with E-state index in [2.05, 4.69) is 4.90 Å². The second-order valence-corrected chi connectivity index (χ2v) is 16.5. The van der Waals surface area contributed by atoms with Crippen molar-refractivity contribution in [2.75, 3.05) is 36.0 Å².